The number of aromatic nitrogens is 2. The zero-order chi connectivity index (χ0) is 19.7. The van der Waals surface area contributed by atoms with Crippen molar-refractivity contribution in [3.8, 4) is 11.5 Å². The second-order valence-corrected chi connectivity index (χ2v) is 6.94. The third kappa shape index (κ3) is 3.39. The van der Waals surface area contributed by atoms with E-state index in [9.17, 15) is 8.76 Å². The van der Waals surface area contributed by atoms with Crippen molar-refractivity contribution in [2.24, 2.45) is 0 Å². The van der Waals surface area contributed by atoms with E-state index in [4.69, 9.17) is 9.47 Å². The number of nitrogens with zero attached hydrogens (tertiary/aromatic N) is 2. The normalized spacial score (nSPS) is 12.2. The number of rotatable bonds is 6. The molecule has 0 saturated heterocycles. The van der Waals surface area contributed by atoms with Gasteiger partial charge in [-0.25, -0.2) is 0 Å². The number of hydrogen-bond donors (Lipinski definition) is 1. The van der Waals surface area contributed by atoms with Crippen molar-refractivity contribution in [1.29, 1.82) is 0 Å². The number of nitrogens with one attached hydrogen (secondary N) is 1. The number of pyridine rings is 1. The van der Waals surface area contributed by atoms with Gasteiger partial charge in [0.2, 0.25) is 0 Å². The molecule has 7 nitrogen and oxygen atoms in total. The maximum absolute atomic E-state index is 10.7. The first-order chi connectivity index (χ1) is 13.6. The van der Waals surface area contributed by atoms with E-state index < -0.39 is 11.3 Å². The van der Waals surface area contributed by atoms with Crippen LogP contribution in [-0.4, -0.2) is 32.5 Å². The molecular weight excluding hydrogens is 378 g/mol. The zero-order valence-corrected chi connectivity index (χ0v) is 16.2. The zero-order valence-electron chi connectivity index (χ0n) is 15.3. The van der Waals surface area contributed by atoms with E-state index >= 15 is 0 Å². The average molecular weight is 396 g/mol. The van der Waals surface area contributed by atoms with Crippen LogP contribution in [0, 0.1) is 0 Å². The van der Waals surface area contributed by atoms with E-state index in [1.54, 1.807) is 26.4 Å². The van der Waals surface area contributed by atoms with Crippen LogP contribution in [0.15, 0.2) is 54.9 Å². The van der Waals surface area contributed by atoms with Gasteiger partial charge in [0.25, 0.3) is 0 Å². The smallest absolute Gasteiger partial charge is 0.162 e. The minimum atomic E-state index is -2.33. The molecule has 8 heteroatoms. The Kier molecular flexibility index (Phi) is 4.89. The van der Waals surface area contributed by atoms with Gasteiger partial charge in [0.05, 0.1) is 25.3 Å². The molecule has 0 aliphatic heterocycles. The average Bonchev–Trinajstić information content (AvgIpc) is 3.11. The molecule has 0 fully saturated rings. The molecule has 0 radical (unpaired) electrons. The van der Waals surface area contributed by atoms with Gasteiger partial charge in [0.15, 0.2) is 11.5 Å². The Bertz CT molecular complexity index is 1170. The standard InChI is InChI=1S/C20H19N3O4S/c1-26-18-9-16-17(10-19(18)27-2)21-11-14-7-8-23(20(14)16)12-13-3-5-15(6-4-13)22-28(24)25/h3-11,22H,12H2,1-2H3,(H,24,25)/p-1. The fraction of sp³-hybridized carbons (Fsp3) is 0.150. The summed E-state index contributed by atoms with van der Waals surface area (Å²) in [5, 5.41) is 2.00. The van der Waals surface area contributed by atoms with Crippen LogP contribution in [0.4, 0.5) is 5.69 Å². The quantitative estimate of drug-likeness (QED) is 0.504. The second-order valence-electron chi connectivity index (χ2n) is 6.26. The van der Waals surface area contributed by atoms with Crippen molar-refractivity contribution in [2.75, 3.05) is 18.9 Å². The maximum atomic E-state index is 10.7. The Labute approximate surface area is 164 Å². The predicted molar refractivity (Wildman–Crippen MR) is 108 cm³/mol. The summed E-state index contributed by atoms with van der Waals surface area (Å²) >= 11 is -2.33. The Morgan fingerprint density at radius 2 is 1.82 bits per heavy atom. The molecule has 4 rings (SSSR count). The molecule has 2 aromatic heterocycles. The molecule has 0 saturated carbocycles. The fourth-order valence-corrected chi connectivity index (χ4v) is 3.64. The fourth-order valence-electron chi connectivity index (χ4n) is 3.31. The van der Waals surface area contributed by atoms with Crippen molar-refractivity contribution in [3.05, 3.63) is 60.4 Å². The number of benzene rings is 2. The molecule has 1 unspecified atom stereocenters. The molecule has 1 atom stereocenters. The summed E-state index contributed by atoms with van der Waals surface area (Å²) in [4.78, 5) is 4.54. The molecule has 144 valence electrons. The van der Waals surface area contributed by atoms with Gasteiger partial charge >= 0.3 is 0 Å². The number of fused-ring (bicyclic) bond motifs is 3. The molecule has 0 bridgehead atoms. The number of hydrogen-bond acceptors (Lipinski definition) is 5. The van der Waals surface area contributed by atoms with Crippen molar-refractivity contribution >= 4 is 38.8 Å². The lowest BCUT2D eigenvalue weighted by Gasteiger charge is -2.12. The van der Waals surface area contributed by atoms with Crippen LogP contribution in [0.5, 0.6) is 11.5 Å². The van der Waals surface area contributed by atoms with Gasteiger partial charge in [-0.15, -0.1) is 0 Å². The molecule has 0 spiro atoms. The topological polar surface area (TPSA) is 88.4 Å². The summed E-state index contributed by atoms with van der Waals surface area (Å²) in [6.45, 7) is 0.637. The van der Waals surface area contributed by atoms with Gasteiger partial charge in [-0.1, -0.05) is 12.1 Å². The van der Waals surface area contributed by atoms with Gasteiger partial charge in [-0.2, -0.15) is 0 Å². The molecule has 0 aliphatic rings. The predicted octanol–water partition coefficient (Wildman–Crippen LogP) is 3.46. The summed E-state index contributed by atoms with van der Waals surface area (Å²) in [7, 11) is 3.21. The highest BCUT2D eigenvalue weighted by Gasteiger charge is 2.12. The van der Waals surface area contributed by atoms with Crippen molar-refractivity contribution in [2.45, 2.75) is 6.54 Å². The molecule has 0 aliphatic carbocycles. The summed E-state index contributed by atoms with van der Waals surface area (Å²) in [5.74, 6) is 1.29. The monoisotopic (exact) mass is 396 g/mol. The minimum Gasteiger partial charge on any atom is -0.755 e. The van der Waals surface area contributed by atoms with Gasteiger partial charge < -0.3 is 23.3 Å². The third-order valence-corrected chi connectivity index (χ3v) is 5.00. The lowest BCUT2D eigenvalue weighted by atomic mass is 10.1. The van der Waals surface area contributed by atoms with Crippen LogP contribution in [0.25, 0.3) is 21.8 Å². The van der Waals surface area contributed by atoms with Crippen molar-refractivity contribution in [1.82, 2.24) is 9.55 Å². The van der Waals surface area contributed by atoms with E-state index in [0.29, 0.717) is 23.7 Å². The number of ether oxygens (including phenoxy) is 2. The Hall–Kier alpha value is -3.10. The lowest BCUT2D eigenvalue weighted by Crippen LogP contribution is -2.03. The van der Waals surface area contributed by atoms with Gasteiger partial charge in [0, 0.05) is 52.7 Å². The van der Waals surface area contributed by atoms with Crippen LogP contribution < -0.4 is 14.2 Å². The van der Waals surface area contributed by atoms with Crippen LogP contribution in [0.2, 0.25) is 0 Å². The molecule has 0 amide bonds. The molecule has 2 aromatic carbocycles. The number of anilines is 1. The first-order valence-electron chi connectivity index (χ1n) is 8.53. The third-order valence-electron chi connectivity index (χ3n) is 4.60. The molecule has 28 heavy (non-hydrogen) atoms. The van der Waals surface area contributed by atoms with E-state index in [-0.39, 0.29) is 0 Å². The van der Waals surface area contributed by atoms with Crippen LogP contribution in [0.3, 0.4) is 0 Å². The second kappa shape index (κ2) is 7.49. The van der Waals surface area contributed by atoms with Crippen LogP contribution >= 0.6 is 0 Å². The SMILES string of the molecule is COc1cc2ncc3ccn(Cc4ccc(NS(=O)[O-])cc4)c3c2cc1OC. The van der Waals surface area contributed by atoms with Crippen molar-refractivity contribution < 1.29 is 18.2 Å². The molecule has 4 aromatic rings. The van der Waals surface area contributed by atoms with E-state index in [2.05, 4.69) is 14.3 Å². The summed E-state index contributed by atoms with van der Waals surface area (Å²) in [6.07, 6.45) is 3.86. The maximum Gasteiger partial charge on any atom is 0.162 e. The summed E-state index contributed by atoms with van der Waals surface area (Å²) in [6, 6.07) is 13.1. The van der Waals surface area contributed by atoms with Crippen LogP contribution in [-0.2, 0) is 17.8 Å². The number of methoxy groups -OCH3 is 2. The highest BCUT2D eigenvalue weighted by molar-refractivity contribution is 7.80. The first-order valence-corrected chi connectivity index (χ1v) is 9.61. The first kappa shape index (κ1) is 18.3. The largest absolute Gasteiger partial charge is 0.755 e. The van der Waals surface area contributed by atoms with E-state index in [1.807, 2.05) is 42.7 Å². The van der Waals surface area contributed by atoms with E-state index in [0.717, 1.165) is 27.4 Å². The van der Waals surface area contributed by atoms with Gasteiger partial charge in [-0.3, -0.25) is 9.19 Å². The lowest BCUT2D eigenvalue weighted by molar-refractivity contribution is 0.356. The van der Waals surface area contributed by atoms with Gasteiger partial charge in [0.1, 0.15) is 0 Å². The van der Waals surface area contributed by atoms with Crippen molar-refractivity contribution in [3.63, 3.8) is 0 Å². The van der Waals surface area contributed by atoms with Gasteiger partial charge in [-0.05, 0) is 29.8 Å². The summed E-state index contributed by atoms with van der Waals surface area (Å²) in [5.41, 5.74) is 3.45. The highest BCUT2D eigenvalue weighted by atomic mass is 32.2. The highest BCUT2D eigenvalue weighted by Crippen LogP contribution is 2.35. The van der Waals surface area contributed by atoms with Crippen LogP contribution in [0.1, 0.15) is 5.56 Å². The molecular formula is C20H18N3O4S-. The Morgan fingerprint density at radius 1 is 1.11 bits per heavy atom. The molecule has 2 heterocycles. The van der Waals surface area contributed by atoms with E-state index in [1.165, 1.54) is 0 Å². The molecule has 1 N–H and O–H groups in total. The minimum absolute atomic E-state index is 0.529. The summed E-state index contributed by atoms with van der Waals surface area (Å²) < 4.78 is 36.8. The Balaban J connectivity index is 1.77. The Morgan fingerprint density at radius 3 is 2.50 bits per heavy atom.